The van der Waals surface area contributed by atoms with Crippen molar-refractivity contribution in [2.75, 3.05) is 11.4 Å². The van der Waals surface area contributed by atoms with Gasteiger partial charge in [0, 0.05) is 13.0 Å². The molecule has 0 aromatic heterocycles. The summed E-state index contributed by atoms with van der Waals surface area (Å²) in [6, 6.07) is 9.11. The number of amides is 1. The molecule has 0 aliphatic carbocycles. The van der Waals surface area contributed by atoms with Crippen LogP contribution in [0, 0.1) is 0 Å². The third kappa shape index (κ3) is 1.54. The summed E-state index contributed by atoms with van der Waals surface area (Å²) in [5.74, 6) is -0.0299. The lowest BCUT2D eigenvalue weighted by atomic mass is 10.2. The van der Waals surface area contributed by atoms with Crippen LogP contribution in [-0.4, -0.2) is 39.7 Å². The Morgan fingerprint density at radius 2 is 2.00 bits per heavy atom. The molecule has 2 aliphatic rings. The molecule has 0 radical (unpaired) electrons. The Kier molecular flexibility index (Phi) is 2.38. The van der Waals surface area contributed by atoms with Gasteiger partial charge in [0.15, 0.2) is 5.11 Å². The van der Waals surface area contributed by atoms with Gasteiger partial charge in [0.2, 0.25) is 0 Å². The van der Waals surface area contributed by atoms with Crippen LogP contribution in [0.25, 0.3) is 0 Å². The Balaban J connectivity index is 1.95. The first kappa shape index (κ1) is 10.7. The minimum atomic E-state index is -0.445. The molecule has 4 nitrogen and oxygen atoms in total. The van der Waals surface area contributed by atoms with E-state index in [4.69, 9.17) is 12.2 Å². The van der Waals surface area contributed by atoms with Gasteiger partial charge in [-0.2, -0.15) is 0 Å². The summed E-state index contributed by atoms with van der Waals surface area (Å²) < 4.78 is 0. The zero-order chi connectivity index (χ0) is 12.0. The van der Waals surface area contributed by atoms with E-state index in [-0.39, 0.29) is 11.9 Å². The maximum Gasteiger partial charge on any atom is 0.256 e. The zero-order valence-electron chi connectivity index (χ0n) is 9.11. The number of nitrogens with zero attached hydrogens (tertiary/aromatic N) is 2. The second kappa shape index (κ2) is 3.78. The molecule has 2 unspecified atom stereocenters. The van der Waals surface area contributed by atoms with Gasteiger partial charge in [0.25, 0.3) is 5.91 Å². The third-order valence-corrected chi connectivity index (χ3v) is 3.65. The molecule has 1 N–H and O–H groups in total. The number of hydrogen-bond acceptors (Lipinski definition) is 3. The van der Waals surface area contributed by atoms with Gasteiger partial charge >= 0.3 is 0 Å². The number of thiocarbonyl (C=S) groups is 1. The van der Waals surface area contributed by atoms with E-state index < -0.39 is 6.10 Å². The minimum Gasteiger partial charge on any atom is -0.391 e. The Hall–Kier alpha value is -1.46. The van der Waals surface area contributed by atoms with Crippen LogP contribution in [-0.2, 0) is 4.79 Å². The summed E-state index contributed by atoms with van der Waals surface area (Å²) >= 11 is 5.31. The van der Waals surface area contributed by atoms with Crippen molar-refractivity contribution in [2.24, 2.45) is 0 Å². The van der Waals surface area contributed by atoms with E-state index in [1.807, 2.05) is 35.2 Å². The molecule has 0 bridgehead atoms. The molecular weight excluding hydrogens is 236 g/mol. The van der Waals surface area contributed by atoms with Crippen LogP contribution in [0.5, 0.6) is 0 Å². The first-order valence-corrected chi connectivity index (χ1v) is 5.97. The van der Waals surface area contributed by atoms with E-state index in [0.717, 1.165) is 5.69 Å². The van der Waals surface area contributed by atoms with Crippen molar-refractivity contribution in [1.82, 2.24) is 4.90 Å². The number of para-hydroxylation sites is 1. The van der Waals surface area contributed by atoms with Gasteiger partial charge in [0.1, 0.15) is 6.04 Å². The number of fused-ring (bicyclic) bond motifs is 1. The number of anilines is 1. The lowest BCUT2D eigenvalue weighted by molar-refractivity contribution is -0.119. The van der Waals surface area contributed by atoms with Crippen molar-refractivity contribution >= 4 is 28.9 Å². The summed E-state index contributed by atoms with van der Waals surface area (Å²) in [5.41, 5.74) is 0.798. The van der Waals surface area contributed by atoms with Gasteiger partial charge in [-0.1, -0.05) is 18.2 Å². The molecule has 1 amide bonds. The number of carbonyl (C=O) groups excluding carboxylic acids is 1. The molecule has 2 fully saturated rings. The summed E-state index contributed by atoms with van der Waals surface area (Å²) in [6.07, 6.45) is 0.0299. The van der Waals surface area contributed by atoms with E-state index in [0.29, 0.717) is 18.1 Å². The van der Waals surface area contributed by atoms with Crippen LogP contribution >= 0.6 is 12.2 Å². The maximum atomic E-state index is 12.2. The van der Waals surface area contributed by atoms with Crippen molar-refractivity contribution in [1.29, 1.82) is 0 Å². The van der Waals surface area contributed by atoms with E-state index in [1.165, 1.54) is 0 Å². The smallest absolute Gasteiger partial charge is 0.256 e. The topological polar surface area (TPSA) is 43.8 Å². The maximum absolute atomic E-state index is 12.2. The highest BCUT2D eigenvalue weighted by Crippen LogP contribution is 2.31. The fourth-order valence-corrected chi connectivity index (χ4v) is 2.84. The second-order valence-corrected chi connectivity index (χ2v) is 4.71. The van der Waals surface area contributed by atoms with E-state index in [1.54, 1.807) is 4.90 Å². The second-order valence-electron chi connectivity index (χ2n) is 4.35. The molecular formula is C12H12N2O2S. The lowest BCUT2D eigenvalue weighted by Gasteiger charge is -2.19. The van der Waals surface area contributed by atoms with Gasteiger partial charge in [-0.15, -0.1) is 0 Å². The van der Waals surface area contributed by atoms with Gasteiger partial charge in [0.05, 0.1) is 11.8 Å². The molecule has 17 heavy (non-hydrogen) atoms. The first-order chi connectivity index (χ1) is 8.18. The van der Waals surface area contributed by atoms with Crippen molar-refractivity contribution in [3.05, 3.63) is 30.3 Å². The summed E-state index contributed by atoms with van der Waals surface area (Å²) in [7, 11) is 0. The van der Waals surface area contributed by atoms with Crippen molar-refractivity contribution in [2.45, 2.75) is 18.6 Å². The standard InChI is InChI=1S/C12H12N2O2S/c15-9-6-10-11(16)14(12(17)13(10)7-9)8-4-2-1-3-5-8/h1-5,9-10,15H,6-7H2. The van der Waals surface area contributed by atoms with E-state index in [2.05, 4.69) is 0 Å². The fourth-order valence-electron chi connectivity index (χ4n) is 2.45. The molecule has 1 aromatic rings. The van der Waals surface area contributed by atoms with Gasteiger partial charge in [-0.25, -0.2) is 0 Å². The molecule has 2 aliphatic heterocycles. The van der Waals surface area contributed by atoms with Gasteiger partial charge in [-0.05, 0) is 24.4 Å². The molecule has 0 saturated carbocycles. The molecule has 2 heterocycles. The number of benzene rings is 1. The SMILES string of the molecule is O=C1C2CC(O)CN2C(=S)N1c1ccccc1. The van der Waals surface area contributed by atoms with Crippen LogP contribution in [0.1, 0.15) is 6.42 Å². The average molecular weight is 248 g/mol. The zero-order valence-corrected chi connectivity index (χ0v) is 9.93. The van der Waals surface area contributed by atoms with Crippen LogP contribution in [0.3, 0.4) is 0 Å². The molecule has 3 rings (SSSR count). The highest BCUT2D eigenvalue weighted by atomic mass is 32.1. The fraction of sp³-hybridized carbons (Fsp3) is 0.333. The van der Waals surface area contributed by atoms with Gasteiger partial charge in [-0.3, -0.25) is 9.69 Å². The number of hydrogen-bond donors (Lipinski definition) is 1. The van der Waals surface area contributed by atoms with Crippen molar-refractivity contribution in [3.63, 3.8) is 0 Å². The predicted molar refractivity (Wildman–Crippen MR) is 67.6 cm³/mol. The Bertz CT molecular complexity index is 453. The minimum absolute atomic E-state index is 0.0299. The van der Waals surface area contributed by atoms with Crippen LogP contribution < -0.4 is 4.90 Å². The van der Waals surface area contributed by atoms with Crippen LogP contribution in [0.2, 0.25) is 0 Å². The molecule has 1 aromatic carbocycles. The Morgan fingerprint density at radius 1 is 1.29 bits per heavy atom. The number of carbonyl (C=O) groups is 1. The summed E-state index contributed by atoms with van der Waals surface area (Å²) in [4.78, 5) is 15.6. The average Bonchev–Trinajstić information content (AvgIpc) is 2.81. The highest BCUT2D eigenvalue weighted by molar-refractivity contribution is 7.80. The quantitative estimate of drug-likeness (QED) is 0.745. The van der Waals surface area contributed by atoms with Gasteiger partial charge < -0.3 is 10.0 Å². The molecule has 2 saturated heterocycles. The third-order valence-electron chi connectivity index (χ3n) is 3.24. The van der Waals surface area contributed by atoms with E-state index >= 15 is 0 Å². The molecule has 0 spiro atoms. The number of rotatable bonds is 1. The van der Waals surface area contributed by atoms with Crippen molar-refractivity contribution in [3.8, 4) is 0 Å². The Labute approximate surface area is 104 Å². The summed E-state index contributed by atoms with van der Waals surface area (Å²) in [6.45, 7) is 0.457. The largest absolute Gasteiger partial charge is 0.391 e. The number of aliphatic hydroxyl groups excluding tert-OH is 1. The van der Waals surface area contributed by atoms with Crippen LogP contribution in [0.4, 0.5) is 5.69 Å². The van der Waals surface area contributed by atoms with Crippen LogP contribution in [0.15, 0.2) is 30.3 Å². The van der Waals surface area contributed by atoms with E-state index in [9.17, 15) is 9.90 Å². The lowest BCUT2D eigenvalue weighted by Crippen LogP contribution is -2.34. The highest BCUT2D eigenvalue weighted by Gasteiger charge is 2.48. The predicted octanol–water partition coefficient (Wildman–Crippen LogP) is 0.753. The monoisotopic (exact) mass is 248 g/mol. The first-order valence-electron chi connectivity index (χ1n) is 5.56. The molecule has 2 atom stereocenters. The van der Waals surface area contributed by atoms with Crippen molar-refractivity contribution < 1.29 is 9.90 Å². The molecule has 88 valence electrons. The summed E-state index contributed by atoms with van der Waals surface area (Å²) in [5, 5.41) is 10.1. The number of aliphatic hydroxyl groups is 1. The normalized spacial score (nSPS) is 27.8. The Morgan fingerprint density at radius 3 is 2.65 bits per heavy atom. The molecule has 5 heteroatoms.